The number of aliphatic hydroxyl groups excluding tert-OH is 1. The summed E-state index contributed by atoms with van der Waals surface area (Å²) in [5.41, 5.74) is 0. The molecular formula is C8H13NO3. The van der Waals surface area contributed by atoms with Gasteiger partial charge in [0.1, 0.15) is 18.4 Å². The van der Waals surface area contributed by atoms with Crippen LogP contribution in [0, 0.1) is 5.92 Å². The van der Waals surface area contributed by atoms with E-state index in [0.29, 0.717) is 12.0 Å². The summed E-state index contributed by atoms with van der Waals surface area (Å²) in [6.07, 6.45) is 2.35. The smallest absolute Gasteiger partial charge is 0.182 e. The first kappa shape index (κ1) is 7.26. The van der Waals surface area contributed by atoms with E-state index in [1.807, 2.05) is 0 Å². The summed E-state index contributed by atoms with van der Waals surface area (Å²) >= 11 is 0. The van der Waals surface area contributed by atoms with E-state index < -0.39 is 6.29 Å². The predicted molar refractivity (Wildman–Crippen MR) is 40.3 cm³/mol. The molecule has 4 heteroatoms. The molecule has 5 unspecified atom stereocenters. The summed E-state index contributed by atoms with van der Waals surface area (Å²) in [4.78, 5) is 0. The van der Waals surface area contributed by atoms with Crippen molar-refractivity contribution < 1.29 is 14.6 Å². The van der Waals surface area contributed by atoms with Gasteiger partial charge in [0.25, 0.3) is 0 Å². The van der Waals surface area contributed by atoms with Gasteiger partial charge in [-0.15, -0.1) is 0 Å². The van der Waals surface area contributed by atoms with E-state index in [1.165, 1.54) is 0 Å². The number of epoxide rings is 2. The van der Waals surface area contributed by atoms with Crippen LogP contribution in [0.25, 0.3) is 0 Å². The normalized spacial score (nSPS) is 57.2. The van der Waals surface area contributed by atoms with E-state index in [4.69, 9.17) is 14.6 Å². The highest BCUT2D eigenvalue weighted by Crippen LogP contribution is 2.41. The molecule has 0 saturated carbocycles. The number of fused-ring (bicyclic) bond motifs is 1. The van der Waals surface area contributed by atoms with Gasteiger partial charge >= 0.3 is 0 Å². The zero-order valence-electron chi connectivity index (χ0n) is 6.77. The van der Waals surface area contributed by atoms with Crippen LogP contribution in [0.5, 0.6) is 0 Å². The number of hydrogen-bond donors (Lipinski definition) is 2. The second-order valence-corrected chi connectivity index (χ2v) is 3.77. The molecule has 2 N–H and O–H groups in total. The molecule has 0 bridgehead atoms. The van der Waals surface area contributed by atoms with Crippen LogP contribution in [0.4, 0.5) is 0 Å². The first-order chi connectivity index (χ1) is 5.86. The Hall–Kier alpha value is -0.160. The SMILES string of the molecule is OC1OC1C1CCCNC2OC21. The molecule has 3 fully saturated rings. The molecule has 3 rings (SSSR count). The third kappa shape index (κ3) is 1.07. The second kappa shape index (κ2) is 2.42. The summed E-state index contributed by atoms with van der Waals surface area (Å²) in [6.45, 7) is 1.03. The van der Waals surface area contributed by atoms with E-state index in [-0.39, 0.29) is 12.3 Å². The van der Waals surface area contributed by atoms with Gasteiger partial charge in [-0.3, -0.25) is 5.32 Å². The standard InChI is InChI=1S/C8H13NO3/c10-8-6(12-8)4-2-1-3-9-7-5(4)11-7/h4-10H,1-3H2. The molecule has 0 spiro atoms. The summed E-state index contributed by atoms with van der Waals surface area (Å²) in [6, 6.07) is 0. The van der Waals surface area contributed by atoms with E-state index in [1.54, 1.807) is 0 Å². The van der Waals surface area contributed by atoms with Gasteiger partial charge in [-0.1, -0.05) is 0 Å². The van der Waals surface area contributed by atoms with Gasteiger partial charge in [-0.05, 0) is 19.4 Å². The summed E-state index contributed by atoms with van der Waals surface area (Å²) in [5.74, 6) is 0.417. The quantitative estimate of drug-likeness (QED) is 0.519. The molecule has 3 aliphatic heterocycles. The maximum Gasteiger partial charge on any atom is 0.182 e. The van der Waals surface area contributed by atoms with Gasteiger partial charge in [0.15, 0.2) is 6.29 Å². The largest absolute Gasteiger partial charge is 0.366 e. The number of ether oxygens (including phenoxy) is 2. The lowest BCUT2D eigenvalue weighted by atomic mass is 9.96. The minimum absolute atomic E-state index is 0.0555. The van der Waals surface area contributed by atoms with E-state index in [9.17, 15) is 0 Å². The van der Waals surface area contributed by atoms with Gasteiger partial charge in [0.05, 0.1) is 0 Å². The van der Waals surface area contributed by atoms with Gasteiger partial charge < -0.3 is 14.6 Å². The molecule has 0 amide bonds. The Morgan fingerprint density at radius 2 is 2.08 bits per heavy atom. The Bertz CT molecular complexity index is 199. The van der Waals surface area contributed by atoms with Crippen molar-refractivity contribution in [1.29, 1.82) is 0 Å². The molecule has 5 atom stereocenters. The molecule has 0 radical (unpaired) electrons. The monoisotopic (exact) mass is 171 g/mol. The van der Waals surface area contributed by atoms with E-state index in [0.717, 1.165) is 19.4 Å². The van der Waals surface area contributed by atoms with Crippen molar-refractivity contribution in [2.75, 3.05) is 6.54 Å². The fourth-order valence-corrected chi connectivity index (χ4v) is 2.14. The molecule has 0 aromatic heterocycles. The van der Waals surface area contributed by atoms with Crippen molar-refractivity contribution in [1.82, 2.24) is 5.32 Å². The first-order valence-corrected chi connectivity index (χ1v) is 4.58. The van der Waals surface area contributed by atoms with Crippen LogP contribution in [-0.2, 0) is 9.47 Å². The Balaban J connectivity index is 1.68. The molecule has 12 heavy (non-hydrogen) atoms. The molecule has 68 valence electrons. The molecular weight excluding hydrogens is 158 g/mol. The van der Waals surface area contributed by atoms with Gasteiger partial charge in [0, 0.05) is 5.92 Å². The lowest BCUT2D eigenvalue weighted by Gasteiger charge is -2.07. The van der Waals surface area contributed by atoms with Crippen molar-refractivity contribution in [2.45, 2.75) is 37.6 Å². The van der Waals surface area contributed by atoms with Crippen molar-refractivity contribution in [2.24, 2.45) is 5.92 Å². The highest BCUT2D eigenvalue weighted by molar-refractivity contribution is 4.99. The Labute approximate surface area is 70.8 Å². The lowest BCUT2D eigenvalue weighted by molar-refractivity contribution is 0.155. The van der Waals surface area contributed by atoms with Gasteiger partial charge in [0.2, 0.25) is 0 Å². The van der Waals surface area contributed by atoms with Crippen LogP contribution in [-0.4, -0.2) is 36.4 Å². The lowest BCUT2D eigenvalue weighted by Crippen LogP contribution is -2.21. The predicted octanol–water partition coefficient (Wildman–Crippen LogP) is -0.572. The van der Waals surface area contributed by atoms with Crippen molar-refractivity contribution in [3.8, 4) is 0 Å². The van der Waals surface area contributed by atoms with E-state index >= 15 is 0 Å². The molecule has 0 aromatic rings. The average molecular weight is 171 g/mol. The number of rotatable bonds is 1. The Morgan fingerprint density at radius 3 is 2.83 bits per heavy atom. The summed E-state index contributed by atoms with van der Waals surface area (Å²) < 4.78 is 10.5. The second-order valence-electron chi connectivity index (χ2n) is 3.77. The van der Waals surface area contributed by atoms with Crippen LogP contribution in [0.2, 0.25) is 0 Å². The third-order valence-electron chi connectivity index (χ3n) is 2.93. The highest BCUT2D eigenvalue weighted by Gasteiger charge is 2.55. The maximum absolute atomic E-state index is 9.11. The van der Waals surface area contributed by atoms with Crippen molar-refractivity contribution in [3.05, 3.63) is 0 Å². The van der Waals surface area contributed by atoms with Gasteiger partial charge in [-0.2, -0.15) is 0 Å². The minimum Gasteiger partial charge on any atom is -0.366 e. The Kier molecular flexibility index (Phi) is 1.46. The fourth-order valence-electron chi connectivity index (χ4n) is 2.14. The summed E-state index contributed by atoms with van der Waals surface area (Å²) in [5, 5.41) is 12.4. The van der Waals surface area contributed by atoms with Crippen LogP contribution >= 0.6 is 0 Å². The van der Waals surface area contributed by atoms with Crippen LogP contribution in [0.3, 0.4) is 0 Å². The zero-order valence-corrected chi connectivity index (χ0v) is 6.77. The molecule has 3 saturated heterocycles. The summed E-state index contributed by atoms with van der Waals surface area (Å²) in [7, 11) is 0. The molecule has 0 aromatic carbocycles. The molecule has 0 aliphatic carbocycles. The van der Waals surface area contributed by atoms with Crippen LogP contribution < -0.4 is 5.32 Å². The van der Waals surface area contributed by atoms with Crippen molar-refractivity contribution >= 4 is 0 Å². The number of aliphatic hydroxyl groups is 1. The maximum atomic E-state index is 9.11. The number of hydrogen-bond acceptors (Lipinski definition) is 4. The van der Waals surface area contributed by atoms with E-state index in [2.05, 4.69) is 5.32 Å². The molecule has 3 aliphatic rings. The fraction of sp³-hybridized carbons (Fsp3) is 1.00. The van der Waals surface area contributed by atoms with Crippen LogP contribution in [0.1, 0.15) is 12.8 Å². The molecule has 4 nitrogen and oxygen atoms in total. The van der Waals surface area contributed by atoms with Crippen molar-refractivity contribution in [3.63, 3.8) is 0 Å². The first-order valence-electron chi connectivity index (χ1n) is 4.58. The zero-order chi connectivity index (χ0) is 8.13. The number of nitrogens with one attached hydrogen (secondary N) is 1. The van der Waals surface area contributed by atoms with Crippen LogP contribution in [0.15, 0.2) is 0 Å². The Morgan fingerprint density at radius 1 is 1.25 bits per heavy atom. The molecule has 3 heterocycles. The minimum atomic E-state index is -0.516. The third-order valence-corrected chi connectivity index (χ3v) is 2.93. The highest BCUT2D eigenvalue weighted by atomic mass is 16.7. The average Bonchev–Trinajstić information content (AvgIpc) is 2.82. The van der Waals surface area contributed by atoms with Gasteiger partial charge in [-0.25, -0.2) is 0 Å². The topological polar surface area (TPSA) is 57.3 Å².